The number of likely N-dealkylation sites (tertiary alicyclic amines) is 1. The predicted octanol–water partition coefficient (Wildman–Crippen LogP) is 7.28. The number of anilines is 1. The van der Waals surface area contributed by atoms with Crippen LogP contribution >= 0.6 is 23.5 Å². The van der Waals surface area contributed by atoms with Gasteiger partial charge in [0.15, 0.2) is 11.6 Å². The maximum atomic E-state index is 13.2. The van der Waals surface area contributed by atoms with Gasteiger partial charge >= 0.3 is 12.3 Å². The monoisotopic (exact) mass is 819 g/mol. The largest absolute Gasteiger partial charge is 0.477 e. The van der Waals surface area contributed by atoms with Crippen LogP contribution in [0.5, 0.6) is 5.88 Å². The van der Waals surface area contributed by atoms with Crippen LogP contribution in [0.1, 0.15) is 89.3 Å². The van der Waals surface area contributed by atoms with Crippen molar-refractivity contribution in [3.8, 4) is 11.7 Å². The molecule has 1 atom stereocenters. The van der Waals surface area contributed by atoms with Gasteiger partial charge in [0.1, 0.15) is 21.6 Å². The van der Waals surface area contributed by atoms with Crippen LogP contribution in [0.25, 0.3) is 5.82 Å². The van der Waals surface area contributed by atoms with E-state index in [4.69, 9.17) is 21.1 Å². The lowest BCUT2D eigenvalue weighted by Crippen LogP contribution is -2.45. The molecule has 4 aromatic heterocycles. The van der Waals surface area contributed by atoms with E-state index in [-0.39, 0.29) is 54.1 Å². The fourth-order valence-electron chi connectivity index (χ4n) is 6.58. The number of tetrazole rings is 1. The minimum absolute atomic E-state index is 0.0737. The van der Waals surface area contributed by atoms with Gasteiger partial charge in [-0.3, -0.25) is 9.52 Å². The van der Waals surface area contributed by atoms with E-state index < -0.39 is 23.1 Å². The number of ether oxygens (including phenoxy) is 2. The quantitative estimate of drug-likeness (QED) is 0.0911. The summed E-state index contributed by atoms with van der Waals surface area (Å²) in [5, 5.41) is 20.1. The van der Waals surface area contributed by atoms with E-state index in [1.54, 1.807) is 22.9 Å². The molecule has 56 heavy (non-hydrogen) atoms. The van der Waals surface area contributed by atoms with Crippen LogP contribution in [0.3, 0.4) is 0 Å². The Hall–Kier alpha value is -4.65. The highest BCUT2D eigenvalue weighted by molar-refractivity contribution is 7.97. The number of hydrogen-bond donors (Lipinski definition) is 2. The molecule has 0 spiro atoms. The number of hydrogen-bond acceptors (Lipinski definition) is 12. The first-order valence-corrected chi connectivity index (χ1v) is 19.5. The number of nitrogens with one attached hydrogen (secondary N) is 2. The third kappa shape index (κ3) is 10.2. The Morgan fingerprint density at radius 2 is 1.88 bits per heavy atom. The van der Waals surface area contributed by atoms with Gasteiger partial charge < -0.3 is 19.7 Å². The minimum Gasteiger partial charge on any atom is -0.477 e. The second-order valence-electron chi connectivity index (χ2n) is 15.7. The Labute approximate surface area is 331 Å². The Bertz CT molecular complexity index is 2020. The molecule has 1 saturated heterocycles. The molecule has 2 N–H and O–H groups in total. The number of carbonyl (C=O) groups excluding carboxylic acids is 2. The van der Waals surface area contributed by atoms with Crippen LogP contribution in [0.4, 0.5) is 23.8 Å². The van der Waals surface area contributed by atoms with Crippen molar-refractivity contribution in [1.82, 2.24) is 49.6 Å². The lowest BCUT2D eigenvalue weighted by molar-refractivity contribution is -0.190. The number of rotatable bonds is 15. The highest BCUT2D eigenvalue weighted by Crippen LogP contribution is 2.59. The molecule has 2 amide bonds. The van der Waals surface area contributed by atoms with Gasteiger partial charge in [-0.15, -0.1) is 10.2 Å². The molecule has 1 saturated carbocycles. The second kappa shape index (κ2) is 16.4. The summed E-state index contributed by atoms with van der Waals surface area (Å²) in [7, 11) is 0. The van der Waals surface area contributed by atoms with E-state index in [9.17, 15) is 22.8 Å². The number of carbonyl (C=O) groups is 2. The summed E-state index contributed by atoms with van der Waals surface area (Å²) in [4.78, 5) is 36.4. The first-order valence-electron chi connectivity index (χ1n) is 18.3. The van der Waals surface area contributed by atoms with Crippen molar-refractivity contribution in [3.63, 3.8) is 0 Å². The predicted molar refractivity (Wildman–Crippen MR) is 201 cm³/mol. The van der Waals surface area contributed by atoms with Gasteiger partial charge in [-0.05, 0) is 114 Å². The molecule has 0 aromatic carbocycles. The van der Waals surface area contributed by atoms with Crippen molar-refractivity contribution in [2.75, 3.05) is 18.5 Å². The van der Waals surface area contributed by atoms with Crippen molar-refractivity contribution in [3.05, 3.63) is 59.1 Å². The molecule has 2 aliphatic rings. The summed E-state index contributed by atoms with van der Waals surface area (Å²) >= 11 is 7.36. The summed E-state index contributed by atoms with van der Waals surface area (Å²) < 4.78 is 56.5. The molecule has 1 aliphatic heterocycles. The van der Waals surface area contributed by atoms with Gasteiger partial charge in [-0.2, -0.15) is 13.2 Å². The van der Waals surface area contributed by atoms with Gasteiger partial charge in [0.2, 0.25) is 5.88 Å². The number of nitrogens with zero attached hydrogens (tertiary/aromatic N) is 9. The minimum atomic E-state index is -4.24. The third-order valence-electron chi connectivity index (χ3n) is 9.72. The van der Waals surface area contributed by atoms with Gasteiger partial charge in [0.25, 0.3) is 5.91 Å². The van der Waals surface area contributed by atoms with E-state index >= 15 is 0 Å². The van der Waals surface area contributed by atoms with Gasteiger partial charge in [0, 0.05) is 42.8 Å². The molecule has 302 valence electrons. The number of aryl methyl sites for hydroxylation is 1. The van der Waals surface area contributed by atoms with Crippen LogP contribution < -0.4 is 14.8 Å². The summed E-state index contributed by atoms with van der Waals surface area (Å²) in [5.74, 6) is 1.47. The summed E-state index contributed by atoms with van der Waals surface area (Å²) in [6, 6.07) is 9.86. The number of pyridine rings is 2. The van der Waals surface area contributed by atoms with Crippen LogP contribution in [0.2, 0.25) is 5.15 Å². The first-order chi connectivity index (χ1) is 26.4. The average molecular weight is 820 g/mol. The molecule has 4 aromatic rings. The number of aromatic nitrogens is 8. The maximum absolute atomic E-state index is 13.2. The Balaban J connectivity index is 0.946. The summed E-state index contributed by atoms with van der Waals surface area (Å²) in [6.45, 7) is 11.2. The molecule has 1 unspecified atom stereocenters. The van der Waals surface area contributed by atoms with Crippen LogP contribution in [0.15, 0.2) is 47.6 Å². The topological polar surface area (TPSA) is 167 Å². The molecule has 2 fully saturated rings. The second-order valence-corrected chi connectivity index (χ2v) is 16.8. The highest BCUT2D eigenvalue weighted by atomic mass is 35.5. The molecular weight excluding hydrogens is 775 g/mol. The number of alkyl halides is 3. The molecule has 20 heteroatoms. The Morgan fingerprint density at radius 1 is 1.09 bits per heavy atom. The zero-order chi connectivity index (χ0) is 40.3. The van der Waals surface area contributed by atoms with E-state index in [0.29, 0.717) is 48.0 Å². The highest BCUT2D eigenvalue weighted by Gasteiger charge is 2.62. The van der Waals surface area contributed by atoms with E-state index in [1.165, 1.54) is 29.1 Å². The molecular formula is C36H45ClF3N11O4S. The fourth-order valence-corrected chi connectivity index (χ4v) is 7.41. The molecule has 1 aliphatic carbocycles. The van der Waals surface area contributed by atoms with Crippen molar-refractivity contribution in [1.29, 1.82) is 0 Å². The van der Waals surface area contributed by atoms with E-state index in [2.05, 4.69) is 54.5 Å². The lowest BCUT2D eigenvalue weighted by atomic mass is 9.93. The van der Waals surface area contributed by atoms with Crippen molar-refractivity contribution in [2.24, 2.45) is 11.3 Å². The van der Waals surface area contributed by atoms with Crippen LogP contribution in [-0.2, 0) is 17.8 Å². The standard InChI is InChI=1S/C36H45ClF3N11O4S/c1-33(2,3)55-32(53)49-22-23(20-34(49,4)5)8-7-17-51-27(44-47-48-51)21-41-25-9-6-10-29(42-25)56-46-31(52)24-11-12-26(43-30(24)37)50-18-13-28(45-50)54-19-16-35(14-15-35)36(38,39)40/h6,9-13,18,23H,7-8,14-17,19-22H2,1-5H3,(H,41,42)(H,46,52). The van der Waals surface area contributed by atoms with Crippen LogP contribution in [0, 0.1) is 11.3 Å². The summed E-state index contributed by atoms with van der Waals surface area (Å²) in [5.41, 5.74) is -2.36. The van der Waals surface area contributed by atoms with Gasteiger partial charge in [-0.1, -0.05) is 17.7 Å². The first kappa shape index (κ1) is 41.0. The normalized spacial score (nSPS) is 17.4. The SMILES string of the molecule is CC(C)(C)OC(=O)N1CC(CCCn2nnnc2CNc2cccc(SNC(=O)c3ccc(-n4ccc(OCCC5(C(F)(F)F)CC5)n4)nc3Cl)n2)CC1(C)C. The smallest absolute Gasteiger partial charge is 0.410 e. The molecule has 0 bridgehead atoms. The van der Waals surface area contributed by atoms with Crippen molar-refractivity contribution in [2.45, 2.75) is 109 Å². The van der Waals surface area contributed by atoms with Gasteiger partial charge in [0.05, 0.1) is 24.1 Å². The number of halogens is 4. The molecule has 15 nitrogen and oxygen atoms in total. The fraction of sp³-hybridized carbons (Fsp3) is 0.556. The molecule has 6 rings (SSSR count). The Morgan fingerprint density at radius 3 is 2.59 bits per heavy atom. The van der Waals surface area contributed by atoms with E-state index in [0.717, 1.165) is 31.2 Å². The zero-order valence-corrected chi connectivity index (χ0v) is 33.3. The van der Waals surface area contributed by atoms with E-state index in [1.807, 2.05) is 25.7 Å². The maximum Gasteiger partial charge on any atom is 0.410 e. The zero-order valence-electron chi connectivity index (χ0n) is 31.8. The average Bonchev–Trinajstić information content (AvgIpc) is 3.40. The third-order valence-corrected chi connectivity index (χ3v) is 10.7. The molecule has 0 radical (unpaired) electrons. The van der Waals surface area contributed by atoms with Crippen molar-refractivity contribution >= 4 is 41.4 Å². The lowest BCUT2D eigenvalue weighted by Gasteiger charge is -2.33. The Kier molecular flexibility index (Phi) is 12.0. The molecule has 5 heterocycles. The van der Waals surface area contributed by atoms with Crippen molar-refractivity contribution < 1.29 is 32.2 Å². The van der Waals surface area contributed by atoms with Crippen LogP contribution in [-0.4, -0.2) is 87.3 Å². The number of amides is 2. The summed E-state index contributed by atoms with van der Waals surface area (Å²) in [6.07, 6.45) is -0.252. The van der Waals surface area contributed by atoms with Gasteiger partial charge in [-0.25, -0.2) is 24.1 Å².